The number of nitrogens with one attached hydrogen (secondary N) is 1. The highest BCUT2D eigenvalue weighted by Crippen LogP contribution is 2.40. The topological polar surface area (TPSA) is 29.1 Å². The summed E-state index contributed by atoms with van der Waals surface area (Å²) in [7, 11) is 0. The minimum atomic E-state index is -0.215. The fraction of sp³-hybridized carbons (Fsp3) is 0.435. The van der Waals surface area contributed by atoms with Crippen molar-refractivity contribution in [3.63, 3.8) is 0 Å². The Bertz CT molecular complexity index is 620. The zero-order chi connectivity index (χ0) is 17.5. The summed E-state index contributed by atoms with van der Waals surface area (Å²) in [5.41, 5.74) is 2.30. The molecule has 1 aliphatic rings. The van der Waals surface area contributed by atoms with Crippen LogP contribution in [0.5, 0.6) is 0 Å². The molecule has 0 amide bonds. The minimum Gasteiger partial charge on any atom is -0.314 e. The first-order valence-electron chi connectivity index (χ1n) is 9.61. The third-order valence-electron chi connectivity index (χ3n) is 5.46. The van der Waals surface area contributed by atoms with Gasteiger partial charge in [0.05, 0.1) is 0 Å². The number of hydrogen-bond donors (Lipinski definition) is 1. The van der Waals surface area contributed by atoms with Crippen LogP contribution in [-0.2, 0) is 10.2 Å². The molecule has 25 heavy (non-hydrogen) atoms. The number of rotatable bonds is 8. The average molecular weight is 335 g/mol. The van der Waals surface area contributed by atoms with Gasteiger partial charge in [-0.05, 0) is 36.9 Å². The van der Waals surface area contributed by atoms with E-state index in [0.717, 1.165) is 25.8 Å². The van der Waals surface area contributed by atoms with Crippen LogP contribution in [0.4, 0.5) is 0 Å². The Kier molecular flexibility index (Phi) is 6.04. The molecule has 0 saturated carbocycles. The molecule has 2 aromatic rings. The van der Waals surface area contributed by atoms with E-state index in [-0.39, 0.29) is 5.41 Å². The van der Waals surface area contributed by atoms with E-state index < -0.39 is 0 Å². The maximum Gasteiger partial charge on any atom is 0.135 e. The van der Waals surface area contributed by atoms with Gasteiger partial charge in [0.1, 0.15) is 5.78 Å². The van der Waals surface area contributed by atoms with Gasteiger partial charge in [-0.15, -0.1) is 0 Å². The Morgan fingerprint density at radius 2 is 1.64 bits per heavy atom. The third-order valence-corrected chi connectivity index (χ3v) is 5.46. The molecule has 2 nitrogen and oxygen atoms in total. The molecule has 0 aromatic heterocycles. The predicted octanol–water partition coefficient (Wildman–Crippen LogP) is 4.87. The van der Waals surface area contributed by atoms with Gasteiger partial charge in [-0.25, -0.2) is 0 Å². The van der Waals surface area contributed by atoms with E-state index in [1.54, 1.807) is 0 Å². The average Bonchev–Trinajstić information content (AvgIpc) is 3.15. The van der Waals surface area contributed by atoms with Crippen molar-refractivity contribution in [2.24, 2.45) is 0 Å². The summed E-state index contributed by atoms with van der Waals surface area (Å²) in [4.78, 5) is 13.0. The number of carbonyl (C=O) groups excluding carboxylic acids is 1. The van der Waals surface area contributed by atoms with E-state index >= 15 is 0 Å². The van der Waals surface area contributed by atoms with Crippen LogP contribution in [0.3, 0.4) is 0 Å². The molecule has 1 saturated heterocycles. The molecule has 3 rings (SSSR count). The van der Waals surface area contributed by atoms with Crippen LogP contribution in [-0.4, -0.2) is 18.4 Å². The summed E-state index contributed by atoms with van der Waals surface area (Å²) in [6, 6.07) is 21.6. The normalized spacial score (nSPS) is 17.6. The Hall–Kier alpha value is -1.93. The lowest BCUT2D eigenvalue weighted by molar-refractivity contribution is -0.120. The lowest BCUT2D eigenvalue weighted by Crippen LogP contribution is -2.33. The van der Waals surface area contributed by atoms with Crippen molar-refractivity contribution in [3.8, 4) is 0 Å². The van der Waals surface area contributed by atoms with Crippen molar-refractivity contribution in [2.75, 3.05) is 6.54 Å². The largest absolute Gasteiger partial charge is 0.314 e. The van der Waals surface area contributed by atoms with Crippen LogP contribution < -0.4 is 5.32 Å². The fourth-order valence-electron chi connectivity index (χ4n) is 4.30. The Balaban J connectivity index is 1.93. The van der Waals surface area contributed by atoms with E-state index in [0.29, 0.717) is 24.7 Å². The summed E-state index contributed by atoms with van der Waals surface area (Å²) in [5.74, 6) is 0.376. The molecule has 1 unspecified atom stereocenters. The smallest absolute Gasteiger partial charge is 0.135 e. The monoisotopic (exact) mass is 335 g/mol. The molecular weight excluding hydrogens is 306 g/mol. The molecule has 1 atom stereocenters. The molecule has 1 N–H and O–H groups in total. The van der Waals surface area contributed by atoms with E-state index in [2.05, 4.69) is 72.9 Å². The molecule has 0 aliphatic carbocycles. The van der Waals surface area contributed by atoms with Crippen molar-refractivity contribution in [1.29, 1.82) is 0 Å². The van der Waals surface area contributed by atoms with Crippen LogP contribution in [0.2, 0.25) is 0 Å². The number of Topliss-reactive ketones (excluding diaryl/α,β-unsaturated/α-hetero) is 1. The van der Waals surface area contributed by atoms with E-state index in [1.807, 2.05) is 0 Å². The summed E-state index contributed by atoms with van der Waals surface area (Å²) in [6.07, 6.45) is 5.61. The quantitative estimate of drug-likeness (QED) is 0.745. The number of ketones is 1. The first-order chi connectivity index (χ1) is 12.2. The zero-order valence-electron chi connectivity index (χ0n) is 15.2. The van der Waals surface area contributed by atoms with Gasteiger partial charge in [-0.1, -0.05) is 74.0 Å². The van der Waals surface area contributed by atoms with Crippen molar-refractivity contribution in [1.82, 2.24) is 5.32 Å². The lowest BCUT2D eigenvalue weighted by Gasteiger charge is -2.35. The molecule has 2 heteroatoms. The SMILES string of the molecule is CCCC(CC(=O)CC1CCCN1)(c1ccccc1)c1ccccc1. The predicted molar refractivity (Wildman–Crippen MR) is 104 cm³/mol. The first kappa shape index (κ1) is 17.9. The lowest BCUT2D eigenvalue weighted by atomic mass is 9.68. The molecule has 0 bridgehead atoms. The summed E-state index contributed by atoms with van der Waals surface area (Å²) >= 11 is 0. The number of carbonyl (C=O) groups is 1. The highest BCUT2D eigenvalue weighted by molar-refractivity contribution is 5.81. The molecule has 1 fully saturated rings. The second kappa shape index (κ2) is 8.44. The highest BCUT2D eigenvalue weighted by Gasteiger charge is 2.36. The van der Waals surface area contributed by atoms with Gasteiger partial charge in [0, 0.05) is 24.3 Å². The van der Waals surface area contributed by atoms with Crippen molar-refractivity contribution < 1.29 is 4.79 Å². The van der Waals surface area contributed by atoms with E-state index in [4.69, 9.17) is 0 Å². The number of hydrogen-bond acceptors (Lipinski definition) is 2. The molecule has 0 radical (unpaired) electrons. The molecule has 1 aliphatic heterocycles. The van der Waals surface area contributed by atoms with Crippen LogP contribution >= 0.6 is 0 Å². The third kappa shape index (κ3) is 4.19. The van der Waals surface area contributed by atoms with Crippen molar-refractivity contribution >= 4 is 5.78 Å². The van der Waals surface area contributed by atoms with Crippen LogP contribution in [0.1, 0.15) is 56.6 Å². The maximum absolute atomic E-state index is 13.0. The van der Waals surface area contributed by atoms with Gasteiger partial charge >= 0.3 is 0 Å². The molecule has 132 valence electrons. The van der Waals surface area contributed by atoms with Crippen LogP contribution in [0, 0.1) is 0 Å². The second-order valence-corrected chi connectivity index (χ2v) is 7.28. The van der Waals surface area contributed by atoms with Crippen molar-refractivity contribution in [3.05, 3.63) is 71.8 Å². The maximum atomic E-state index is 13.0. The Morgan fingerprint density at radius 3 is 2.12 bits per heavy atom. The van der Waals surface area contributed by atoms with Gasteiger partial charge in [-0.2, -0.15) is 0 Å². The van der Waals surface area contributed by atoms with Gasteiger partial charge in [-0.3, -0.25) is 4.79 Å². The minimum absolute atomic E-state index is 0.215. The van der Waals surface area contributed by atoms with E-state index in [1.165, 1.54) is 17.5 Å². The summed E-state index contributed by atoms with van der Waals surface area (Å²) < 4.78 is 0. The fourth-order valence-corrected chi connectivity index (χ4v) is 4.30. The molecular formula is C23H29NO. The van der Waals surface area contributed by atoms with Crippen LogP contribution in [0.25, 0.3) is 0 Å². The Labute approximate surface area is 151 Å². The Morgan fingerprint density at radius 1 is 1.04 bits per heavy atom. The van der Waals surface area contributed by atoms with Crippen molar-refractivity contribution in [2.45, 2.75) is 56.9 Å². The number of benzene rings is 2. The van der Waals surface area contributed by atoms with Crippen LogP contribution in [0.15, 0.2) is 60.7 Å². The van der Waals surface area contributed by atoms with Gasteiger partial charge in [0.25, 0.3) is 0 Å². The van der Waals surface area contributed by atoms with Gasteiger partial charge < -0.3 is 5.32 Å². The second-order valence-electron chi connectivity index (χ2n) is 7.28. The van der Waals surface area contributed by atoms with Gasteiger partial charge in [0.15, 0.2) is 0 Å². The standard InChI is InChI=1S/C23H29NO/c1-2-15-23(19-10-5-3-6-11-19,20-12-7-4-8-13-20)18-22(25)17-21-14-9-16-24-21/h3-8,10-13,21,24H,2,9,14-18H2,1H3. The highest BCUT2D eigenvalue weighted by atomic mass is 16.1. The molecule has 1 heterocycles. The molecule has 0 spiro atoms. The zero-order valence-corrected chi connectivity index (χ0v) is 15.2. The summed E-state index contributed by atoms with van der Waals surface area (Å²) in [5, 5.41) is 3.46. The van der Waals surface area contributed by atoms with E-state index in [9.17, 15) is 4.79 Å². The summed E-state index contributed by atoms with van der Waals surface area (Å²) in [6.45, 7) is 3.26. The first-order valence-corrected chi connectivity index (χ1v) is 9.61. The van der Waals surface area contributed by atoms with Gasteiger partial charge in [0.2, 0.25) is 0 Å². The molecule has 2 aromatic carbocycles.